The third kappa shape index (κ3) is 3.93. The minimum Gasteiger partial charge on any atom is -0.468 e. The molecule has 1 atom stereocenters. The molecule has 0 aliphatic rings. The van der Waals surface area contributed by atoms with Crippen molar-refractivity contribution in [3.05, 3.63) is 12.4 Å². The van der Waals surface area contributed by atoms with Crippen LogP contribution in [0.25, 0.3) is 0 Å². The summed E-state index contributed by atoms with van der Waals surface area (Å²) in [6.45, 7) is 0. The minimum atomic E-state index is -0.238. The zero-order chi connectivity index (χ0) is 11.1. The Morgan fingerprint density at radius 3 is 3.13 bits per heavy atom. The van der Waals surface area contributed by atoms with E-state index in [0.29, 0.717) is 6.42 Å². The number of aromatic amines is 1. The number of nitrogens with one attached hydrogen (secondary N) is 2. The number of imidazole rings is 1. The van der Waals surface area contributed by atoms with Crippen LogP contribution in [-0.2, 0) is 9.53 Å². The van der Waals surface area contributed by atoms with Crippen LogP contribution in [0.15, 0.2) is 17.6 Å². The Hall–Kier alpha value is -1.01. The van der Waals surface area contributed by atoms with E-state index in [1.165, 1.54) is 7.11 Å². The summed E-state index contributed by atoms with van der Waals surface area (Å²) in [4.78, 5) is 18.3. The molecule has 0 saturated heterocycles. The van der Waals surface area contributed by atoms with Crippen LogP contribution in [0.3, 0.4) is 0 Å². The molecule has 84 valence electrons. The van der Waals surface area contributed by atoms with Crippen molar-refractivity contribution in [3.63, 3.8) is 0 Å². The number of carbonyl (C=O) groups excluding carboxylic acids is 1. The van der Waals surface area contributed by atoms with Crippen molar-refractivity contribution >= 4 is 17.7 Å². The van der Waals surface area contributed by atoms with Crippen molar-refractivity contribution in [2.24, 2.45) is 0 Å². The molecule has 0 bridgehead atoms. The Balaban J connectivity index is 2.26. The van der Waals surface area contributed by atoms with Gasteiger partial charge in [0.1, 0.15) is 6.04 Å². The summed E-state index contributed by atoms with van der Waals surface area (Å²) in [6, 6.07) is -0.238. The van der Waals surface area contributed by atoms with Crippen molar-refractivity contribution in [3.8, 4) is 0 Å². The zero-order valence-electron chi connectivity index (χ0n) is 8.82. The van der Waals surface area contributed by atoms with Gasteiger partial charge in [0.05, 0.1) is 7.11 Å². The quantitative estimate of drug-likeness (QED) is 0.554. The SMILES string of the molecule is CNC(CCSc1ncc[nH]1)C(=O)OC. The average Bonchev–Trinajstić information content (AvgIpc) is 2.76. The number of ether oxygens (including phenoxy) is 1. The second kappa shape index (κ2) is 6.47. The number of carbonyl (C=O) groups is 1. The van der Waals surface area contributed by atoms with Gasteiger partial charge in [0.2, 0.25) is 0 Å². The molecule has 1 heterocycles. The first-order chi connectivity index (χ1) is 7.27. The first kappa shape index (κ1) is 12.1. The lowest BCUT2D eigenvalue weighted by atomic mass is 10.2. The molecule has 2 N–H and O–H groups in total. The van der Waals surface area contributed by atoms with Crippen LogP contribution in [0.1, 0.15) is 6.42 Å². The molecule has 0 amide bonds. The normalized spacial score (nSPS) is 12.4. The van der Waals surface area contributed by atoms with Gasteiger partial charge in [-0.25, -0.2) is 4.98 Å². The Morgan fingerprint density at radius 2 is 2.60 bits per heavy atom. The number of likely N-dealkylation sites (N-methyl/N-ethyl adjacent to an activating group) is 1. The fraction of sp³-hybridized carbons (Fsp3) is 0.556. The molecule has 0 spiro atoms. The van der Waals surface area contributed by atoms with E-state index in [0.717, 1.165) is 10.9 Å². The van der Waals surface area contributed by atoms with Crippen molar-refractivity contribution in [1.29, 1.82) is 0 Å². The number of hydrogen-bond acceptors (Lipinski definition) is 5. The van der Waals surface area contributed by atoms with Crippen LogP contribution in [0.2, 0.25) is 0 Å². The number of hydrogen-bond donors (Lipinski definition) is 2. The zero-order valence-corrected chi connectivity index (χ0v) is 9.63. The van der Waals surface area contributed by atoms with Crippen molar-refractivity contribution < 1.29 is 9.53 Å². The number of esters is 1. The van der Waals surface area contributed by atoms with Crippen LogP contribution in [-0.4, -0.2) is 41.9 Å². The molecule has 1 aromatic heterocycles. The van der Waals surface area contributed by atoms with E-state index in [-0.39, 0.29) is 12.0 Å². The van der Waals surface area contributed by atoms with E-state index in [1.807, 2.05) is 0 Å². The molecule has 1 rings (SSSR count). The van der Waals surface area contributed by atoms with E-state index in [1.54, 1.807) is 31.2 Å². The number of thioether (sulfide) groups is 1. The molecule has 0 fully saturated rings. The lowest BCUT2D eigenvalue weighted by Gasteiger charge is -2.12. The number of rotatable bonds is 6. The topological polar surface area (TPSA) is 67.0 Å². The van der Waals surface area contributed by atoms with E-state index >= 15 is 0 Å². The highest BCUT2D eigenvalue weighted by molar-refractivity contribution is 7.99. The van der Waals surface area contributed by atoms with Gasteiger partial charge >= 0.3 is 5.97 Å². The molecule has 0 radical (unpaired) electrons. The van der Waals surface area contributed by atoms with Crippen LogP contribution in [0.5, 0.6) is 0 Å². The summed E-state index contributed by atoms with van der Waals surface area (Å²) in [7, 11) is 3.14. The number of methoxy groups -OCH3 is 1. The third-order valence-corrected chi connectivity index (χ3v) is 2.89. The first-order valence-electron chi connectivity index (χ1n) is 4.65. The highest BCUT2D eigenvalue weighted by Gasteiger charge is 2.16. The summed E-state index contributed by atoms with van der Waals surface area (Å²) < 4.78 is 4.66. The fourth-order valence-corrected chi connectivity index (χ4v) is 1.96. The molecular formula is C9H15N3O2S. The number of aromatic nitrogens is 2. The molecule has 1 unspecified atom stereocenters. The van der Waals surface area contributed by atoms with Gasteiger partial charge in [-0.2, -0.15) is 0 Å². The average molecular weight is 229 g/mol. The van der Waals surface area contributed by atoms with Crippen molar-refractivity contribution in [1.82, 2.24) is 15.3 Å². The Kier molecular flexibility index (Phi) is 5.20. The summed E-state index contributed by atoms with van der Waals surface area (Å²) in [6.07, 6.45) is 4.20. The first-order valence-corrected chi connectivity index (χ1v) is 5.63. The van der Waals surface area contributed by atoms with E-state index in [2.05, 4.69) is 20.0 Å². The minimum absolute atomic E-state index is 0.224. The number of nitrogens with zero attached hydrogens (tertiary/aromatic N) is 1. The molecule has 0 aliphatic carbocycles. The largest absolute Gasteiger partial charge is 0.468 e. The van der Waals surface area contributed by atoms with Gasteiger partial charge in [-0.3, -0.25) is 4.79 Å². The molecule has 5 nitrogen and oxygen atoms in total. The van der Waals surface area contributed by atoms with Crippen molar-refractivity contribution in [2.45, 2.75) is 17.6 Å². The standard InChI is InChI=1S/C9H15N3O2S/c1-10-7(8(13)14-2)3-6-15-9-11-4-5-12-9/h4-5,7,10H,3,6H2,1-2H3,(H,11,12). The second-order valence-electron chi connectivity index (χ2n) is 2.90. The summed E-state index contributed by atoms with van der Waals surface area (Å²) in [5, 5.41) is 3.78. The lowest BCUT2D eigenvalue weighted by molar-refractivity contribution is -0.143. The monoisotopic (exact) mass is 229 g/mol. The predicted molar refractivity (Wildman–Crippen MR) is 58.8 cm³/mol. The summed E-state index contributed by atoms with van der Waals surface area (Å²) in [5.41, 5.74) is 0. The van der Waals surface area contributed by atoms with E-state index in [9.17, 15) is 4.79 Å². The lowest BCUT2D eigenvalue weighted by Crippen LogP contribution is -2.35. The van der Waals surface area contributed by atoms with Gasteiger partial charge in [-0.1, -0.05) is 11.8 Å². The van der Waals surface area contributed by atoms with Gasteiger partial charge in [-0.05, 0) is 13.5 Å². The maximum absolute atomic E-state index is 11.2. The van der Waals surface area contributed by atoms with Crippen LogP contribution < -0.4 is 5.32 Å². The maximum Gasteiger partial charge on any atom is 0.322 e. The molecule has 15 heavy (non-hydrogen) atoms. The van der Waals surface area contributed by atoms with Crippen molar-refractivity contribution in [2.75, 3.05) is 19.9 Å². The maximum atomic E-state index is 11.2. The Bertz CT molecular complexity index is 290. The Morgan fingerprint density at radius 1 is 1.80 bits per heavy atom. The second-order valence-corrected chi connectivity index (χ2v) is 3.98. The third-order valence-electron chi connectivity index (χ3n) is 1.95. The highest BCUT2D eigenvalue weighted by atomic mass is 32.2. The Labute approximate surface area is 93.0 Å². The smallest absolute Gasteiger partial charge is 0.322 e. The van der Waals surface area contributed by atoms with Gasteiger partial charge in [-0.15, -0.1) is 0 Å². The molecular weight excluding hydrogens is 214 g/mol. The summed E-state index contributed by atoms with van der Waals surface area (Å²) in [5.74, 6) is 0.589. The van der Waals surface area contributed by atoms with Gasteiger partial charge in [0, 0.05) is 18.1 Å². The highest BCUT2D eigenvalue weighted by Crippen LogP contribution is 2.13. The van der Waals surface area contributed by atoms with Crippen LogP contribution >= 0.6 is 11.8 Å². The van der Waals surface area contributed by atoms with Gasteiger partial charge < -0.3 is 15.0 Å². The van der Waals surface area contributed by atoms with Crippen LogP contribution in [0.4, 0.5) is 0 Å². The molecule has 6 heteroatoms. The van der Waals surface area contributed by atoms with E-state index < -0.39 is 0 Å². The fourth-order valence-electron chi connectivity index (χ4n) is 1.13. The molecule has 0 saturated carbocycles. The number of H-pyrrole nitrogens is 1. The van der Waals surface area contributed by atoms with Gasteiger partial charge in [0.15, 0.2) is 5.16 Å². The summed E-state index contributed by atoms with van der Waals surface area (Å²) >= 11 is 1.58. The van der Waals surface area contributed by atoms with Gasteiger partial charge in [0.25, 0.3) is 0 Å². The van der Waals surface area contributed by atoms with E-state index in [4.69, 9.17) is 0 Å². The molecule has 1 aromatic rings. The predicted octanol–water partition coefficient (Wildman–Crippen LogP) is 0.653. The van der Waals surface area contributed by atoms with Crippen LogP contribution in [0, 0.1) is 0 Å². The molecule has 0 aliphatic heterocycles. The molecule has 0 aromatic carbocycles.